The van der Waals surface area contributed by atoms with Gasteiger partial charge >= 0.3 is 0 Å². The maximum atomic E-state index is 12.3. The van der Waals surface area contributed by atoms with Crippen molar-refractivity contribution in [2.75, 3.05) is 0 Å². The number of H-pyrrole nitrogens is 1. The zero-order valence-corrected chi connectivity index (χ0v) is 11.8. The molecule has 0 amide bonds. The molecule has 1 aromatic carbocycles. The largest absolute Gasteiger partial charge is 0.503 e. The van der Waals surface area contributed by atoms with Gasteiger partial charge in [0.05, 0.1) is 22.7 Å². The Kier molecular flexibility index (Phi) is 3.19. The molecule has 0 radical (unpaired) electrons. The van der Waals surface area contributed by atoms with Crippen molar-refractivity contribution in [3.05, 3.63) is 45.2 Å². The van der Waals surface area contributed by atoms with Crippen LogP contribution >= 0.6 is 11.6 Å². The van der Waals surface area contributed by atoms with Crippen LogP contribution in [0.5, 0.6) is 5.75 Å². The fourth-order valence-electron chi connectivity index (χ4n) is 2.34. The molecule has 0 aliphatic rings. The number of aromatic amines is 1. The van der Waals surface area contributed by atoms with Crippen molar-refractivity contribution in [2.45, 2.75) is 6.61 Å². The lowest BCUT2D eigenvalue weighted by molar-refractivity contribution is 0.277. The van der Waals surface area contributed by atoms with Gasteiger partial charge in [0.1, 0.15) is 11.3 Å². The minimum Gasteiger partial charge on any atom is -0.503 e. The number of fused-ring (bicyclic) bond motifs is 1. The first kappa shape index (κ1) is 13.7. The van der Waals surface area contributed by atoms with Crippen molar-refractivity contribution in [2.24, 2.45) is 7.05 Å². The van der Waals surface area contributed by atoms with Crippen molar-refractivity contribution >= 4 is 22.6 Å². The Morgan fingerprint density at radius 2 is 2.10 bits per heavy atom. The molecular weight excluding hydrogens is 294 g/mol. The van der Waals surface area contributed by atoms with Crippen LogP contribution in [0.25, 0.3) is 22.3 Å². The van der Waals surface area contributed by atoms with Crippen molar-refractivity contribution in [3.8, 4) is 17.0 Å². The molecular formula is C14H12ClN3O3. The van der Waals surface area contributed by atoms with E-state index in [9.17, 15) is 15.0 Å². The number of nitrogens with one attached hydrogen (secondary N) is 1. The average Bonchev–Trinajstić information content (AvgIpc) is 2.80. The molecule has 2 heterocycles. The molecule has 2 aromatic heterocycles. The van der Waals surface area contributed by atoms with E-state index in [4.69, 9.17) is 11.6 Å². The first-order valence-corrected chi connectivity index (χ1v) is 6.59. The van der Waals surface area contributed by atoms with E-state index in [1.165, 1.54) is 4.68 Å². The molecule has 0 fully saturated rings. The van der Waals surface area contributed by atoms with Gasteiger partial charge in [-0.1, -0.05) is 29.8 Å². The summed E-state index contributed by atoms with van der Waals surface area (Å²) in [5.41, 5.74) is 0.787. The van der Waals surface area contributed by atoms with E-state index in [2.05, 4.69) is 10.1 Å². The van der Waals surface area contributed by atoms with Gasteiger partial charge in [-0.25, -0.2) is 0 Å². The zero-order chi connectivity index (χ0) is 15.1. The Morgan fingerprint density at radius 3 is 2.76 bits per heavy atom. The van der Waals surface area contributed by atoms with Gasteiger partial charge in [0.25, 0.3) is 0 Å². The standard InChI is InChI=1S/C14H12ClN3O3/c1-18-14-10(9(6-19)17-18)12(20)13(21)11(16-14)7-4-2-3-5-8(7)15/h2-5,19,21H,6H2,1H3,(H,16,20). The second-order valence-electron chi connectivity index (χ2n) is 4.61. The maximum absolute atomic E-state index is 12.3. The molecule has 0 aliphatic heterocycles. The minimum atomic E-state index is -0.587. The van der Waals surface area contributed by atoms with Gasteiger partial charge in [-0.3, -0.25) is 9.48 Å². The lowest BCUT2D eigenvalue weighted by Crippen LogP contribution is -2.06. The van der Waals surface area contributed by atoms with Crippen molar-refractivity contribution < 1.29 is 10.2 Å². The van der Waals surface area contributed by atoms with Crippen LogP contribution in [-0.4, -0.2) is 25.0 Å². The SMILES string of the molecule is Cn1nc(CO)c2c(=O)c(O)c(-c3ccccc3Cl)[nH]c21. The van der Waals surface area contributed by atoms with Gasteiger partial charge in [-0.2, -0.15) is 5.10 Å². The van der Waals surface area contributed by atoms with E-state index in [-0.39, 0.29) is 23.4 Å². The van der Waals surface area contributed by atoms with Crippen LogP contribution in [0.1, 0.15) is 5.69 Å². The highest BCUT2D eigenvalue weighted by molar-refractivity contribution is 6.33. The number of benzene rings is 1. The zero-order valence-electron chi connectivity index (χ0n) is 11.1. The number of pyridine rings is 1. The van der Waals surface area contributed by atoms with E-state index in [0.29, 0.717) is 16.2 Å². The molecule has 0 spiro atoms. The second-order valence-corrected chi connectivity index (χ2v) is 5.02. The van der Waals surface area contributed by atoms with Crippen LogP contribution in [0.15, 0.2) is 29.1 Å². The van der Waals surface area contributed by atoms with Crippen LogP contribution < -0.4 is 5.43 Å². The Bertz CT molecular complexity index is 898. The van der Waals surface area contributed by atoms with Crippen LogP contribution in [0.4, 0.5) is 0 Å². The molecule has 6 nitrogen and oxygen atoms in total. The summed E-state index contributed by atoms with van der Waals surface area (Å²) in [6, 6.07) is 6.88. The minimum absolute atomic E-state index is 0.174. The van der Waals surface area contributed by atoms with Crippen LogP contribution in [0, 0.1) is 0 Å². The number of aromatic nitrogens is 3. The number of aliphatic hydroxyl groups excluding tert-OH is 1. The molecule has 0 atom stereocenters. The highest BCUT2D eigenvalue weighted by Gasteiger charge is 2.19. The fourth-order valence-corrected chi connectivity index (χ4v) is 2.57. The van der Waals surface area contributed by atoms with Gasteiger partial charge in [-0.05, 0) is 6.07 Å². The smallest absolute Gasteiger partial charge is 0.235 e. The summed E-state index contributed by atoms with van der Waals surface area (Å²) in [7, 11) is 1.64. The van der Waals surface area contributed by atoms with Crippen molar-refractivity contribution in [3.63, 3.8) is 0 Å². The van der Waals surface area contributed by atoms with Gasteiger partial charge in [0.15, 0.2) is 5.75 Å². The van der Waals surface area contributed by atoms with E-state index in [1.807, 2.05) is 0 Å². The third-order valence-corrected chi connectivity index (χ3v) is 3.66. The molecule has 0 unspecified atom stereocenters. The lowest BCUT2D eigenvalue weighted by atomic mass is 10.1. The van der Waals surface area contributed by atoms with Crippen LogP contribution in [-0.2, 0) is 13.7 Å². The molecule has 0 saturated carbocycles. The Morgan fingerprint density at radius 1 is 1.38 bits per heavy atom. The van der Waals surface area contributed by atoms with Gasteiger partial charge < -0.3 is 15.2 Å². The summed E-state index contributed by atoms with van der Waals surface area (Å²) in [5.74, 6) is -0.446. The number of hydrogen-bond acceptors (Lipinski definition) is 4. The lowest BCUT2D eigenvalue weighted by Gasteiger charge is -2.07. The van der Waals surface area contributed by atoms with Crippen molar-refractivity contribution in [1.29, 1.82) is 0 Å². The molecule has 0 bridgehead atoms. The summed E-state index contributed by atoms with van der Waals surface area (Å²) >= 11 is 6.11. The fraction of sp³-hybridized carbons (Fsp3) is 0.143. The number of rotatable bonds is 2. The summed E-state index contributed by atoms with van der Waals surface area (Å²) in [4.78, 5) is 15.3. The highest BCUT2D eigenvalue weighted by Crippen LogP contribution is 2.32. The third-order valence-electron chi connectivity index (χ3n) is 3.34. The molecule has 108 valence electrons. The van der Waals surface area contributed by atoms with E-state index < -0.39 is 11.2 Å². The molecule has 7 heteroatoms. The van der Waals surface area contributed by atoms with Crippen LogP contribution in [0.2, 0.25) is 5.02 Å². The number of halogens is 1. The number of nitrogens with zero attached hydrogens (tertiary/aromatic N) is 2. The number of aliphatic hydroxyl groups is 1. The predicted molar refractivity (Wildman–Crippen MR) is 79.4 cm³/mol. The molecule has 3 rings (SSSR count). The molecule has 3 N–H and O–H groups in total. The first-order valence-electron chi connectivity index (χ1n) is 6.21. The topological polar surface area (TPSA) is 91.1 Å². The Balaban J connectivity index is 2.42. The third kappa shape index (κ3) is 2.00. The summed E-state index contributed by atoms with van der Waals surface area (Å²) in [6.45, 7) is -0.384. The van der Waals surface area contributed by atoms with Gasteiger partial charge in [0, 0.05) is 12.6 Å². The monoisotopic (exact) mass is 305 g/mol. The highest BCUT2D eigenvalue weighted by atomic mass is 35.5. The summed E-state index contributed by atoms with van der Waals surface area (Å²) in [5, 5.41) is 24.1. The maximum Gasteiger partial charge on any atom is 0.235 e. The van der Waals surface area contributed by atoms with Gasteiger partial charge in [0.2, 0.25) is 5.43 Å². The van der Waals surface area contributed by atoms with E-state index >= 15 is 0 Å². The number of hydrogen-bond donors (Lipinski definition) is 3. The average molecular weight is 306 g/mol. The number of aryl methyl sites for hydroxylation is 1. The van der Waals surface area contributed by atoms with Crippen molar-refractivity contribution in [1.82, 2.24) is 14.8 Å². The predicted octanol–water partition coefficient (Wildman–Crippen LogP) is 1.78. The quantitative estimate of drug-likeness (QED) is 0.673. The second kappa shape index (κ2) is 4.91. The number of aromatic hydroxyl groups is 1. The van der Waals surface area contributed by atoms with E-state index in [0.717, 1.165) is 0 Å². The van der Waals surface area contributed by atoms with E-state index in [1.54, 1.807) is 31.3 Å². The molecule has 3 aromatic rings. The van der Waals surface area contributed by atoms with Crippen LogP contribution in [0.3, 0.4) is 0 Å². The Hall–Kier alpha value is -2.31. The molecule has 21 heavy (non-hydrogen) atoms. The summed E-state index contributed by atoms with van der Waals surface area (Å²) < 4.78 is 1.45. The first-order chi connectivity index (χ1) is 10.0. The molecule has 0 aliphatic carbocycles. The Labute approximate surface area is 124 Å². The van der Waals surface area contributed by atoms with Gasteiger partial charge in [-0.15, -0.1) is 0 Å². The molecule has 0 saturated heterocycles. The summed E-state index contributed by atoms with van der Waals surface area (Å²) in [6.07, 6.45) is 0. The normalized spacial score (nSPS) is 11.2.